The topological polar surface area (TPSA) is 90.9 Å². The molecule has 92 valence electrons. The number of amides is 2. The largest absolute Gasteiger partial charge is 0.409 e. The second kappa shape index (κ2) is 6.19. The van der Waals surface area contributed by atoms with Crippen molar-refractivity contribution in [3.8, 4) is 0 Å². The van der Waals surface area contributed by atoms with Crippen LogP contribution in [0.5, 0.6) is 0 Å². The molecular formula is C10H20N4O2. The van der Waals surface area contributed by atoms with Crippen molar-refractivity contribution >= 4 is 11.9 Å². The molecule has 4 N–H and O–H groups in total. The summed E-state index contributed by atoms with van der Waals surface area (Å²) in [5.41, 5.74) is 5.37. The monoisotopic (exact) mass is 228 g/mol. The summed E-state index contributed by atoms with van der Waals surface area (Å²) in [6, 6.07) is 0.148. The predicted molar refractivity (Wildman–Crippen MR) is 61.4 cm³/mol. The first-order valence-corrected chi connectivity index (χ1v) is 5.69. The van der Waals surface area contributed by atoms with Gasteiger partial charge < -0.3 is 21.2 Å². The molecule has 0 aromatic heterocycles. The first-order chi connectivity index (χ1) is 7.67. The number of nitrogens with two attached hydrogens (primary N) is 1. The van der Waals surface area contributed by atoms with E-state index >= 15 is 0 Å². The summed E-state index contributed by atoms with van der Waals surface area (Å²) < 4.78 is 0. The van der Waals surface area contributed by atoms with E-state index < -0.39 is 0 Å². The van der Waals surface area contributed by atoms with Crippen LogP contribution in [0.15, 0.2) is 5.16 Å². The third-order valence-corrected chi connectivity index (χ3v) is 2.83. The number of amidine groups is 1. The van der Waals surface area contributed by atoms with Gasteiger partial charge in [-0.1, -0.05) is 18.0 Å². The molecule has 0 radical (unpaired) electrons. The van der Waals surface area contributed by atoms with E-state index in [1.807, 2.05) is 6.92 Å². The number of urea groups is 1. The molecule has 0 bridgehead atoms. The Labute approximate surface area is 95.5 Å². The zero-order valence-corrected chi connectivity index (χ0v) is 9.65. The number of likely N-dealkylation sites (N-methyl/N-ethyl adjacent to an activating group) is 1. The summed E-state index contributed by atoms with van der Waals surface area (Å²) in [6.45, 7) is 2.55. The molecule has 1 saturated carbocycles. The number of hydrogen-bond acceptors (Lipinski definition) is 3. The van der Waals surface area contributed by atoms with Crippen molar-refractivity contribution < 1.29 is 10.0 Å². The molecule has 1 aliphatic rings. The van der Waals surface area contributed by atoms with Crippen molar-refractivity contribution in [2.45, 2.75) is 38.6 Å². The highest BCUT2D eigenvalue weighted by molar-refractivity contribution is 5.86. The second-order valence-corrected chi connectivity index (χ2v) is 4.04. The Morgan fingerprint density at radius 2 is 2.19 bits per heavy atom. The maximum atomic E-state index is 11.8. The quantitative estimate of drug-likeness (QED) is 0.286. The highest BCUT2D eigenvalue weighted by Crippen LogP contribution is 2.17. The van der Waals surface area contributed by atoms with Crippen molar-refractivity contribution in [3.05, 3.63) is 0 Å². The van der Waals surface area contributed by atoms with Crippen LogP contribution in [-0.4, -0.2) is 41.1 Å². The average Bonchev–Trinajstić information content (AvgIpc) is 2.77. The van der Waals surface area contributed by atoms with E-state index in [0.29, 0.717) is 6.54 Å². The summed E-state index contributed by atoms with van der Waals surface area (Å²) in [4.78, 5) is 13.3. The van der Waals surface area contributed by atoms with Gasteiger partial charge in [0.2, 0.25) is 0 Å². The first kappa shape index (κ1) is 12.6. The van der Waals surface area contributed by atoms with Crippen LogP contribution in [-0.2, 0) is 0 Å². The van der Waals surface area contributed by atoms with Gasteiger partial charge in [-0.2, -0.15) is 0 Å². The average molecular weight is 228 g/mol. The number of oxime groups is 1. The second-order valence-electron chi connectivity index (χ2n) is 4.04. The molecule has 0 aromatic rings. The van der Waals surface area contributed by atoms with Gasteiger partial charge in [0, 0.05) is 12.6 Å². The van der Waals surface area contributed by atoms with Crippen LogP contribution >= 0.6 is 0 Å². The van der Waals surface area contributed by atoms with E-state index in [0.717, 1.165) is 12.8 Å². The molecule has 0 atom stereocenters. The fraction of sp³-hybridized carbons (Fsp3) is 0.800. The van der Waals surface area contributed by atoms with Crippen molar-refractivity contribution in [2.75, 3.05) is 13.1 Å². The Hall–Kier alpha value is -1.46. The molecule has 0 heterocycles. The number of carbonyl (C=O) groups excluding carboxylic acids is 1. The minimum Gasteiger partial charge on any atom is -0.409 e. The van der Waals surface area contributed by atoms with E-state index in [1.165, 1.54) is 17.7 Å². The highest BCUT2D eigenvalue weighted by Gasteiger charge is 2.20. The van der Waals surface area contributed by atoms with E-state index in [1.54, 1.807) is 0 Å². The Balaban J connectivity index is 2.42. The lowest BCUT2D eigenvalue weighted by Gasteiger charge is -2.23. The van der Waals surface area contributed by atoms with Gasteiger partial charge in [0.25, 0.3) is 0 Å². The minimum atomic E-state index is -0.138. The van der Waals surface area contributed by atoms with Crippen LogP contribution < -0.4 is 11.1 Å². The Morgan fingerprint density at radius 1 is 1.56 bits per heavy atom. The predicted octanol–water partition coefficient (Wildman–Crippen LogP) is 0.707. The van der Waals surface area contributed by atoms with Crippen LogP contribution in [0.1, 0.15) is 32.6 Å². The number of carbonyl (C=O) groups is 1. The molecule has 0 spiro atoms. The highest BCUT2D eigenvalue weighted by atomic mass is 16.4. The van der Waals surface area contributed by atoms with Gasteiger partial charge in [0.05, 0.1) is 6.54 Å². The Bertz CT molecular complexity index is 262. The molecule has 1 aliphatic carbocycles. The normalized spacial score (nSPS) is 17.4. The van der Waals surface area contributed by atoms with Crippen LogP contribution in [0.4, 0.5) is 4.79 Å². The van der Waals surface area contributed by atoms with Gasteiger partial charge in [-0.15, -0.1) is 0 Å². The molecule has 16 heavy (non-hydrogen) atoms. The third kappa shape index (κ3) is 3.60. The zero-order valence-electron chi connectivity index (χ0n) is 9.65. The first-order valence-electron chi connectivity index (χ1n) is 5.69. The van der Waals surface area contributed by atoms with E-state index in [9.17, 15) is 4.79 Å². The van der Waals surface area contributed by atoms with E-state index in [2.05, 4.69) is 10.5 Å². The van der Waals surface area contributed by atoms with Crippen LogP contribution in [0, 0.1) is 0 Å². The van der Waals surface area contributed by atoms with Crippen molar-refractivity contribution in [3.63, 3.8) is 0 Å². The van der Waals surface area contributed by atoms with Crippen LogP contribution in [0.25, 0.3) is 0 Å². The number of nitrogens with one attached hydrogen (secondary N) is 1. The van der Waals surface area contributed by atoms with Gasteiger partial charge in [-0.05, 0) is 19.8 Å². The molecule has 6 nitrogen and oxygen atoms in total. The molecule has 6 heteroatoms. The van der Waals surface area contributed by atoms with Crippen molar-refractivity contribution in [2.24, 2.45) is 10.9 Å². The lowest BCUT2D eigenvalue weighted by Crippen LogP contribution is -2.47. The van der Waals surface area contributed by atoms with E-state index in [-0.39, 0.29) is 24.5 Å². The van der Waals surface area contributed by atoms with Gasteiger partial charge in [0.1, 0.15) is 0 Å². The third-order valence-electron chi connectivity index (χ3n) is 2.83. The standard InChI is InChI=1S/C10H20N4O2/c1-2-14(7-9(11)13-16)10(15)12-8-5-3-4-6-8/h8,16H,2-7H2,1H3,(H2,11,13)(H,12,15). The van der Waals surface area contributed by atoms with Crippen LogP contribution in [0.2, 0.25) is 0 Å². The summed E-state index contributed by atoms with van der Waals surface area (Å²) in [7, 11) is 0. The summed E-state index contributed by atoms with van der Waals surface area (Å²) in [5.74, 6) is 0.0448. The number of hydrogen-bond donors (Lipinski definition) is 3. The molecule has 0 unspecified atom stereocenters. The fourth-order valence-corrected chi connectivity index (χ4v) is 1.89. The summed E-state index contributed by atoms with van der Waals surface area (Å²) >= 11 is 0. The zero-order chi connectivity index (χ0) is 12.0. The Morgan fingerprint density at radius 3 is 2.69 bits per heavy atom. The maximum absolute atomic E-state index is 11.8. The molecule has 0 aliphatic heterocycles. The van der Waals surface area contributed by atoms with Gasteiger partial charge >= 0.3 is 6.03 Å². The van der Waals surface area contributed by atoms with Crippen molar-refractivity contribution in [1.82, 2.24) is 10.2 Å². The summed E-state index contributed by atoms with van der Waals surface area (Å²) in [6.07, 6.45) is 4.45. The SMILES string of the molecule is CCN(CC(N)=NO)C(=O)NC1CCCC1. The molecule has 1 rings (SSSR count). The minimum absolute atomic E-state index is 0.0448. The van der Waals surface area contributed by atoms with Gasteiger partial charge in [-0.3, -0.25) is 0 Å². The maximum Gasteiger partial charge on any atom is 0.318 e. The number of nitrogens with zero attached hydrogens (tertiary/aromatic N) is 2. The van der Waals surface area contributed by atoms with Gasteiger partial charge in [-0.25, -0.2) is 4.79 Å². The number of rotatable bonds is 4. The summed E-state index contributed by atoms with van der Waals surface area (Å²) in [5, 5.41) is 14.3. The molecule has 0 aromatic carbocycles. The molecule has 2 amide bonds. The smallest absolute Gasteiger partial charge is 0.318 e. The lowest BCUT2D eigenvalue weighted by atomic mass is 10.2. The van der Waals surface area contributed by atoms with Crippen LogP contribution in [0.3, 0.4) is 0 Å². The molecule has 0 saturated heterocycles. The lowest BCUT2D eigenvalue weighted by molar-refractivity contribution is 0.202. The van der Waals surface area contributed by atoms with Gasteiger partial charge in [0.15, 0.2) is 5.84 Å². The Kier molecular flexibility index (Phi) is 4.88. The van der Waals surface area contributed by atoms with Crippen molar-refractivity contribution in [1.29, 1.82) is 0 Å². The van der Waals surface area contributed by atoms with E-state index in [4.69, 9.17) is 10.9 Å². The molecule has 1 fully saturated rings. The fourth-order valence-electron chi connectivity index (χ4n) is 1.89. The molecular weight excluding hydrogens is 208 g/mol.